The standard InChI is InChI=1S/C31H38N2O4S/c1-4-7-20-33(31(36)32-24-14-16-26(17-15-24)37-21-8-5-2)25-10-9-11-28(22-25)38-27-18-12-23(13-19-27)29(6-3)30(34)35/h9-19,22,29H,4-8,20-21H2,1-3H3,(H,32,36)(H,34,35). The van der Waals surface area contributed by atoms with Crippen LogP contribution in [0.3, 0.4) is 0 Å². The third-order valence-electron chi connectivity index (χ3n) is 6.21. The molecule has 3 aromatic rings. The largest absolute Gasteiger partial charge is 0.494 e. The number of ether oxygens (including phenoxy) is 1. The Morgan fingerprint density at radius 2 is 1.63 bits per heavy atom. The number of hydrogen-bond donors (Lipinski definition) is 2. The van der Waals surface area contributed by atoms with Gasteiger partial charge in [0, 0.05) is 27.7 Å². The molecule has 0 fully saturated rings. The first kappa shape index (κ1) is 29.1. The number of carboxylic acid groups (broad SMARTS) is 1. The topological polar surface area (TPSA) is 78.9 Å². The Kier molecular flexibility index (Phi) is 11.6. The fourth-order valence-electron chi connectivity index (χ4n) is 4.00. The van der Waals surface area contributed by atoms with Gasteiger partial charge in [-0.05, 0) is 79.4 Å². The zero-order valence-corrected chi connectivity index (χ0v) is 23.3. The lowest BCUT2D eigenvalue weighted by Crippen LogP contribution is -2.35. The molecule has 38 heavy (non-hydrogen) atoms. The summed E-state index contributed by atoms with van der Waals surface area (Å²) in [6.07, 6.45) is 4.51. The third kappa shape index (κ3) is 8.55. The highest BCUT2D eigenvalue weighted by Gasteiger charge is 2.18. The van der Waals surface area contributed by atoms with Crippen molar-refractivity contribution in [3.63, 3.8) is 0 Å². The summed E-state index contributed by atoms with van der Waals surface area (Å²) in [5.74, 6) is -0.500. The number of benzene rings is 3. The number of carbonyl (C=O) groups is 2. The number of rotatable bonds is 14. The minimum absolute atomic E-state index is 0.177. The van der Waals surface area contributed by atoms with E-state index in [1.807, 2.05) is 79.7 Å². The number of aliphatic carboxylic acids is 1. The zero-order chi connectivity index (χ0) is 27.3. The predicted molar refractivity (Wildman–Crippen MR) is 156 cm³/mol. The first-order valence-corrected chi connectivity index (χ1v) is 14.2. The average Bonchev–Trinajstić information content (AvgIpc) is 2.91. The number of anilines is 2. The quantitative estimate of drug-likeness (QED) is 0.203. The van der Waals surface area contributed by atoms with Gasteiger partial charge in [-0.2, -0.15) is 0 Å². The lowest BCUT2D eigenvalue weighted by Gasteiger charge is -2.24. The van der Waals surface area contributed by atoms with Crippen molar-refractivity contribution >= 4 is 35.1 Å². The van der Waals surface area contributed by atoms with Crippen LogP contribution in [-0.4, -0.2) is 30.3 Å². The van der Waals surface area contributed by atoms with Gasteiger partial charge in [0.25, 0.3) is 0 Å². The number of carboxylic acids is 1. The number of amides is 2. The highest BCUT2D eigenvalue weighted by molar-refractivity contribution is 7.99. The van der Waals surface area contributed by atoms with Crippen LogP contribution in [0.2, 0.25) is 0 Å². The monoisotopic (exact) mass is 534 g/mol. The van der Waals surface area contributed by atoms with Crippen LogP contribution in [0.4, 0.5) is 16.2 Å². The molecule has 0 spiro atoms. The van der Waals surface area contributed by atoms with E-state index in [0.29, 0.717) is 19.6 Å². The van der Waals surface area contributed by atoms with Gasteiger partial charge in [-0.25, -0.2) is 4.79 Å². The first-order valence-electron chi connectivity index (χ1n) is 13.4. The molecule has 0 bridgehead atoms. The van der Waals surface area contributed by atoms with Crippen molar-refractivity contribution in [3.05, 3.63) is 78.4 Å². The lowest BCUT2D eigenvalue weighted by atomic mass is 9.97. The Balaban J connectivity index is 1.71. The summed E-state index contributed by atoms with van der Waals surface area (Å²) in [7, 11) is 0. The molecule has 1 atom stereocenters. The number of nitrogens with one attached hydrogen (secondary N) is 1. The van der Waals surface area contributed by atoms with Gasteiger partial charge < -0.3 is 15.2 Å². The average molecular weight is 535 g/mol. The van der Waals surface area contributed by atoms with Gasteiger partial charge in [-0.15, -0.1) is 0 Å². The van der Waals surface area contributed by atoms with Gasteiger partial charge in [0.2, 0.25) is 0 Å². The summed E-state index contributed by atoms with van der Waals surface area (Å²) in [4.78, 5) is 28.6. The molecular weight excluding hydrogens is 496 g/mol. The number of hydrogen-bond acceptors (Lipinski definition) is 4. The Labute approximate surface area is 230 Å². The van der Waals surface area contributed by atoms with E-state index in [-0.39, 0.29) is 6.03 Å². The molecule has 0 aromatic heterocycles. The van der Waals surface area contributed by atoms with Crippen LogP contribution in [-0.2, 0) is 4.79 Å². The Hall–Kier alpha value is -3.45. The number of unbranched alkanes of at least 4 members (excludes halogenated alkanes) is 2. The third-order valence-corrected chi connectivity index (χ3v) is 7.20. The summed E-state index contributed by atoms with van der Waals surface area (Å²) in [5, 5.41) is 12.4. The maximum absolute atomic E-state index is 13.3. The molecule has 2 amide bonds. The van der Waals surface area contributed by atoms with Crippen molar-refractivity contribution in [1.82, 2.24) is 0 Å². The van der Waals surface area contributed by atoms with E-state index in [1.165, 1.54) is 0 Å². The Bertz CT molecular complexity index is 1170. The molecule has 0 saturated carbocycles. The van der Waals surface area contributed by atoms with Crippen LogP contribution in [0, 0.1) is 0 Å². The molecule has 2 N–H and O–H groups in total. The van der Waals surface area contributed by atoms with Crippen molar-refractivity contribution in [2.24, 2.45) is 0 Å². The molecule has 7 heteroatoms. The molecule has 0 radical (unpaired) electrons. The summed E-state index contributed by atoms with van der Waals surface area (Å²) in [6.45, 7) is 7.41. The van der Waals surface area contributed by atoms with Crippen molar-refractivity contribution < 1.29 is 19.4 Å². The normalized spacial score (nSPS) is 11.6. The van der Waals surface area contributed by atoms with Gasteiger partial charge in [0.05, 0.1) is 12.5 Å². The van der Waals surface area contributed by atoms with Crippen LogP contribution in [0.1, 0.15) is 64.4 Å². The number of nitrogens with zero attached hydrogens (tertiary/aromatic N) is 1. The van der Waals surface area contributed by atoms with Crippen LogP contribution in [0.25, 0.3) is 0 Å². The van der Waals surface area contributed by atoms with Gasteiger partial charge in [-0.3, -0.25) is 9.69 Å². The van der Waals surface area contributed by atoms with E-state index < -0.39 is 11.9 Å². The molecule has 0 aliphatic carbocycles. The first-order chi connectivity index (χ1) is 18.4. The van der Waals surface area contributed by atoms with Gasteiger partial charge in [0.1, 0.15) is 5.75 Å². The fourth-order valence-corrected chi connectivity index (χ4v) is 4.87. The minimum atomic E-state index is -0.803. The molecule has 0 aliphatic heterocycles. The maximum atomic E-state index is 13.3. The van der Waals surface area contributed by atoms with Crippen LogP contribution in [0.5, 0.6) is 5.75 Å². The summed E-state index contributed by atoms with van der Waals surface area (Å²) in [6, 6.07) is 22.9. The SMILES string of the molecule is CCCCOc1ccc(NC(=O)N(CCCC)c2cccc(Sc3ccc(C(CC)C(=O)O)cc3)c2)cc1. The molecule has 202 valence electrons. The van der Waals surface area contributed by atoms with Gasteiger partial charge >= 0.3 is 12.0 Å². The van der Waals surface area contributed by atoms with E-state index in [2.05, 4.69) is 19.2 Å². The van der Waals surface area contributed by atoms with Crippen molar-refractivity contribution in [2.45, 2.75) is 68.6 Å². The molecule has 0 aliphatic rings. The molecule has 3 rings (SSSR count). The Morgan fingerprint density at radius 3 is 2.26 bits per heavy atom. The van der Waals surface area contributed by atoms with Crippen LogP contribution >= 0.6 is 11.8 Å². The van der Waals surface area contributed by atoms with Crippen molar-refractivity contribution in [2.75, 3.05) is 23.4 Å². The highest BCUT2D eigenvalue weighted by Crippen LogP contribution is 2.32. The molecule has 6 nitrogen and oxygen atoms in total. The molecule has 0 saturated heterocycles. The predicted octanol–water partition coefficient (Wildman–Crippen LogP) is 8.43. The molecular formula is C31H38N2O4S. The summed E-state index contributed by atoms with van der Waals surface area (Å²) >= 11 is 1.59. The second kappa shape index (κ2) is 15.1. The zero-order valence-electron chi connectivity index (χ0n) is 22.5. The number of carbonyl (C=O) groups excluding carboxylic acids is 1. The van der Waals surface area contributed by atoms with E-state index in [9.17, 15) is 14.7 Å². The van der Waals surface area contributed by atoms with Crippen LogP contribution in [0.15, 0.2) is 82.6 Å². The molecule has 1 unspecified atom stereocenters. The highest BCUT2D eigenvalue weighted by atomic mass is 32.2. The number of urea groups is 1. The second-order valence-corrected chi connectivity index (χ2v) is 10.3. The minimum Gasteiger partial charge on any atom is -0.494 e. The van der Waals surface area contributed by atoms with E-state index >= 15 is 0 Å². The van der Waals surface area contributed by atoms with Crippen molar-refractivity contribution in [1.29, 1.82) is 0 Å². The second-order valence-electron chi connectivity index (χ2n) is 9.13. The summed E-state index contributed by atoms with van der Waals surface area (Å²) in [5.41, 5.74) is 2.35. The smallest absolute Gasteiger partial charge is 0.326 e. The summed E-state index contributed by atoms with van der Waals surface area (Å²) < 4.78 is 5.72. The van der Waals surface area contributed by atoms with Gasteiger partial charge in [0.15, 0.2) is 0 Å². The Morgan fingerprint density at radius 1 is 0.921 bits per heavy atom. The maximum Gasteiger partial charge on any atom is 0.326 e. The lowest BCUT2D eigenvalue weighted by molar-refractivity contribution is -0.138. The van der Waals surface area contributed by atoms with E-state index in [1.54, 1.807) is 16.7 Å². The fraction of sp³-hybridized carbons (Fsp3) is 0.355. The van der Waals surface area contributed by atoms with Crippen LogP contribution < -0.4 is 15.0 Å². The molecule has 3 aromatic carbocycles. The van der Waals surface area contributed by atoms with Crippen molar-refractivity contribution in [3.8, 4) is 5.75 Å². The van der Waals surface area contributed by atoms with Gasteiger partial charge in [-0.1, -0.05) is 63.6 Å². The molecule has 0 heterocycles. The van der Waals surface area contributed by atoms with E-state index in [4.69, 9.17) is 4.74 Å². The van der Waals surface area contributed by atoms with E-state index in [0.717, 1.165) is 58.2 Å².